The summed E-state index contributed by atoms with van der Waals surface area (Å²) in [7, 11) is 0. The molecule has 1 amide bonds. The van der Waals surface area contributed by atoms with Crippen LogP contribution in [0, 0.1) is 0 Å². The van der Waals surface area contributed by atoms with Crippen molar-refractivity contribution in [3.05, 3.63) is 12.5 Å². The van der Waals surface area contributed by atoms with Gasteiger partial charge < -0.3 is 15.6 Å². The number of nitrogens with zero attached hydrogens (tertiary/aromatic N) is 1. The Hall–Kier alpha value is -1.36. The molecule has 0 aliphatic carbocycles. The maximum absolute atomic E-state index is 11.3. The quantitative estimate of drug-likeness (QED) is 0.741. The Bertz CT molecular complexity index is 272. The Morgan fingerprint density at radius 1 is 1.79 bits per heavy atom. The number of anilines is 1. The van der Waals surface area contributed by atoms with E-state index in [1.165, 1.54) is 12.5 Å². The predicted octanol–water partition coefficient (Wildman–Crippen LogP) is 1.13. The van der Waals surface area contributed by atoms with Gasteiger partial charge in [0.2, 0.25) is 5.91 Å². The van der Waals surface area contributed by atoms with Crippen molar-refractivity contribution in [2.45, 2.75) is 32.2 Å². The maximum Gasteiger partial charge on any atom is 0.226 e. The van der Waals surface area contributed by atoms with Crippen molar-refractivity contribution in [3.63, 3.8) is 0 Å². The zero-order valence-electron chi connectivity index (χ0n) is 8.19. The highest BCUT2D eigenvalue weighted by atomic mass is 16.5. The number of nitrogens with one attached hydrogen (secondary N) is 1. The minimum atomic E-state index is -0.103. The van der Waals surface area contributed by atoms with Crippen LogP contribution in [0.5, 0.6) is 0 Å². The number of rotatable bonds is 5. The first-order valence-corrected chi connectivity index (χ1v) is 4.67. The number of nitrogens with two attached hydrogens (primary N) is 1. The SMILES string of the molecule is CCCC(N)CC(=O)Nc1cnoc1. The molecule has 0 aliphatic rings. The fourth-order valence-corrected chi connectivity index (χ4v) is 1.19. The first-order valence-electron chi connectivity index (χ1n) is 4.67. The lowest BCUT2D eigenvalue weighted by atomic mass is 10.1. The highest BCUT2D eigenvalue weighted by Gasteiger charge is 2.09. The Kier molecular flexibility index (Phi) is 4.12. The second-order valence-corrected chi connectivity index (χ2v) is 3.21. The van der Waals surface area contributed by atoms with Gasteiger partial charge in [0.1, 0.15) is 12.0 Å². The van der Waals surface area contributed by atoms with Gasteiger partial charge in [-0.25, -0.2) is 0 Å². The molecule has 1 unspecified atom stereocenters. The van der Waals surface area contributed by atoms with Crippen molar-refractivity contribution >= 4 is 11.6 Å². The van der Waals surface area contributed by atoms with E-state index in [4.69, 9.17) is 5.73 Å². The summed E-state index contributed by atoms with van der Waals surface area (Å²) in [5.74, 6) is -0.103. The summed E-state index contributed by atoms with van der Waals surface area (Å²) in [5, 5.41) is 6.11. The van der Waals surface area contributed by atoms with Crippen LogP contribution in [0.25, 0.3) is 0 Å². The molecule has 5 nitrogen and oxygen atoms in total. The van der Waals surface area contributed by atoms with E-state index in [1.807, 2.05) is 6.92 Å². The summed E-state index contributed by atoms with van der Waals surface area (Å²) < 4.78 is 4.57. The number of carbonyl (C=O) groups excluding carboxylic acids is 1. The van der Waals surface area contributed by atoms with Crippen LogP contribution in [0.1, 0.15) is 26.2 Å². The molecule has 0 spiro atoms. The van der Waals surface area contributed by atoms with Gasteiger partial charge in [-0.3, -0.25) is 4.79 Å². The third-order valence-corrected chi connectivity index (χ3v) is 1.82. The summed E-state index contributed by atoms with van der Waals surface area (Å²) in [4.78, 5) is 11.3. The van der Waals surface area contributed by atoms with Gasteiger partial charge in [0.25, 0.3) is 0 Å². The van der Waals surface area contributed by atoms with Crippen LogP contribution >= 0.6 is 0 Å². The van der Waals surface area contributed by atoms with Crippen molar-refractivity contribution in [2.24, 2.45) is 5.73 Å². The summed E-state index contributed by atoms with van der Waals surface area (Å²) in [6.07, 6.45) is 5.00. The number of hydrogen-bond donors (Lipinski definition) is 2. The Morgan fingerprint density at radius 3 is 3.14 bits per heavy atom. The summed E-state index contributed by atoms with van der Waals surface area (Å²) in [6.45, 7) is 2.04. The number of hydrogen-bond acceptors (Lipinski definition) is 4. The lowest BCUT2D eigenvalue weighted by Gasteiger charge is -2.08. The second kappa shape index (κ2) is 5.39. The van der Waals surface area contributed by atoms with Crippen LogP contribution in [0.4, 0.5) is 5.69 Å². The minimum Gasteiger partial charge on any atom is -0.363 e. The zero-order chi connectivity index (χ0) is 10.4. The fraction of sp³-hybridized carbons (Fsp3) is 0.556. The molecule has 3 N–H and O–H groups in total. The van der Waals surface area contributed by atoms with E-state index < -0.39 is 0 Å². The van der Waals surface area contributed by atoms with E-state index >= 15 is 0 Å². The van der Waals surface area contributed by atoms with Crippen molar-refractivity contribution in [3.8, 4) is 0 Å². The molecular formula is C9H15N3O2. The lowest BCUT2D eigenvalue weighted by Crippen LogP contribution is -2.26. The molecule has 0 fully saturated rings. The van der Waals surface area contributed by atoms with Gasteiger partial charge >= 0.3 is 0 Å². The molecule has 5 heteroatoms. The topological polar surface area (TPSA) is 81.2 Å². The van der Waals surface area contributed by atoms with Gasteiger partial charge in [-0.15, -0.1) is 0 Å². The molecular weight excluding hydrogens is 182 g/mol. The minimum absolute atomic E-state index is 0.0696. The van der Waals surface area contributed by atoms with Crippen LogP contribution < -0.4 is 11.1 Å². The normalized spacial score (nSPS) is 12.4. The molecule has 0 radical (unpaired) electrons. The predicted molar refractivity (Wildman–Crippen MR) is 52.6 cm³/mol. The molecule has 0 aliphatic heterocycles. The molecule has 0 bridgehead atoms. The first-order chi connectivity index (χ1) is 6.72. The highest BCUT2D eigenvalue weighted by Crippen LogP contribution is 2.06. The highest BCUT2D eigenvalue weighted by molar-refractivity contribution is 5.90. The van der Waals surface area contributed by atoms with E-state index in [2.05, 4.69) is 15.0 Å². The van der Waals surface area contributed by atoms with Crippen LogP contribution in [-0.2, 0) is 4.79 Å². The third kappa shape index (κ3) is 3.57. The number of aromatic nitrogens is 1. The third-order valence-electron chi connectivity index (χ3n) is 1.82. The van der Waals surface area contributed by atoms with Gasteiger partial charge in [-0.1, -0.05) is 18.5 Å². The average Bonchev–Trinajstić information content (AvgIpc) is 2.56. The smallest absolute Gasteiger partial charge is 0.226 e. The molecule has 78 valence electrons. The van der Waals surface area contributed by atoms with E-state index in [0.717, 1.165) is 12.8 Å². The molecule has 0 saturated carbocycles. The van der Waals surface area contributed by atoms with E-state index in [1.54, 1.807) is 0 Å². The van der Waals surface area contributed by atoms with E-state index in [-0.39, 0.29) is 11.9 Å². The molecule has 0 saturated heterocycles. The zero-order valence-corrected chi connectivity index (χ0v) is 8.19. The largest absolute Gasteiger partial charge is 0.363 e. The van der Waals surface area contributed by atoms with Gasteiger partial charge in [0.15, 0.2) is 0 Å². The van der Waals surface area contributed by atoms with Gasteiger partial charge in [0, 0.05) is 12.5 Å². The summed E-state index contributed by atoms with van der Waals surface area (Å²) >= 11 is 0. The van der Waals surface area contributed by atoms with Crippen LogP contribution in [0.15, 0.2) is 17.0 Å². The van der Waals surface area contributed by atoms with Crippen LogP contribution in [0.3, 0.4) is 0 Å². The number of carbonyl (C=O) groups is 1. The van der Waals surface area contributed by atoms with Gasteiger partial charge in [-0.05, 0) is 6.42 Å². The monoisotopic (exact) mass is 197 g/mol. The van der Waals surface area contributed by atoms with Crippen LogP contribution in [0.2, 0.25) is 0 Å². The second-order valence-electron chi connectivity index (χ2n) is 3.21. The Balaban J connectivity index is 2.29. The molecule has 1 aromatic rings. The summed E-state index contributed by atoms with van der Waals surface area (Å²) in [5.41, 5.74) is 6.28. The Morgan fingerprint density at radius 2 is 2.57 bits per heavy atom. The average molecular weight is 197 g/mol. The molecule has 0 aromatic carbocycles. The van der Waals surface area contributed by atoms with E-state index in [0.29, 0.717) is 12.1 Å². The molecule has 1 aromatic heterocycles. The maximum atomic E-state index is 11.3. The molecule has 14 heavy (non-hydrogen) atoms. The molecule has 1 rings (SSSR count). The van der Waals surface area contributed by atoms with Crippen molar-refractivity contribution < 1.29 is 9.32 Å². The number of amides is 1. The van der Waals surface area contributed by atoms with Crippen molar-refractivity contribution in [1.29, 1.82) is 0 Å². The van der Waals surface area contributed by atoms with Gasteiger partial charge in [-0.2, -0.15) is 0 Å². The van der Waals surface area contributed by atoms with Crippen molar-refractivity contribution in [2.75, 3.05) is 5.32 Å². The Labute approximate surface area is 82.6 Å². The van der Waals surface area contributed by atoms with Crippen LogP contribution in [-0.4, -0.2) is 17.1 Å². The molecule has 1 atom stereocenters. The summed E-state index contributed by atoms with van der Waals surface area (Å²) in [6, 6.07) is -0.0696. The van der Waals surface area contributed by atoms with Crippen molar-refractivity contribution in [1.82, 2.24) is 5.16 Å². The fourth-order valence-electron chi connectivity index (χ4n) is 1.19. The molecule has 1 heterocycles. The first kappa shape index (κ1) is 10.7. The van der Waals surface area contributed by atoms with E-state index in [9.17, 15) is 4.79 Å². The lowest BCUT2D eigenvalue weighted by molar-refractivity contribution is -0.116. The van der Waals surface area contributed by atoms with Gasteiger partial charge in [0.05, 0.1) is 6.20 Å². The standard InChI is InChI=1S/C9H15N3O2/c1-2-3-7(10)4-9(13)12-8-5-11-14-6-8/h5-7H,2-4,10H2,1H3,(H,12,13).